The van der Waals surface area contributed by atoms with Crippen LogP contribution in [-0.2, 0) is 9.53 Å². The molecule has 1 saturated heterocycles. The summed E-state index contributed by atoms with van der Waals surface area (Å²) in [6.45, 7) is 4.13. The van der Waals surface area contributed by atoms with Crippen molar-refractivity contribution >= 4 is 17.6 Å². The minimum atomic E-state index is -1.12. The van der Waals surface area contributed by atoms with Crippen molar-refractivity contribution in [2.45, 2.75) is 37.2 Å². The summed E-state index contributed by atoms with van der Waals surface area (Å²) in [6.07, 6.45) is 0.740. The van der Waals surface area contributed by atoms with Crippen LogP contribution < -0.4 is 0 Å². The third kappa shape index (κ3) is 1.90. The van der Waals surface area contributed by atoms with Crippen molar-refractivity contribution < 1.29 is 14.6 Å². The normalized spacial score (nSPS) is 34.6. The van der Waals surface area contributed by atoms with Crippen LogP contribution in [0.4, 0.5) is 0 Å². The maximum atomic E-state index is 10.8. The van der Waals surface area contributed by atoms with Crippen LogP contribution in [-0.4, -0.2) is 28.2 Å². The molecule has 0 aromatic carbocycles. The third-order valence-electron chi connectivity index (χ3n) is 2.08. The van der Waals surface area contributed by atoms with Crippen molar-refractivity contribution in [2.24, 2.45) is 0 Å². The SMILES string of the molecule is CC1(C)CC(Cl)(C(=O)O)CCO1. The van der Waals surface area contributed by atoms with Crippen LogP contribution >= 0.6 is 11.6 Å². The lowest BCUT2D eigenvalue weighted by molar-refractivity contribution is -0.148. The average Bonchev–Trinajstić information content (AvgIpc) is 1.83. The Labute approximate surface area is 76.7 Å². The summed E-state index contributed by atoms with van der Waals surface area (Å²) in [5, 5.41) is 8.84. The van der Waals surface area contributed by atoms with Gasteiger partial charge >= 0.3 is 5.97 Å². The van der Waals surface area contributed by atoms with Crippen molar-refractivity contribution in [3.05, 3.63) is 0 Å². The highest BCUT2D eigenvalue weighted by atomic mass is 35.5. The van der Waals surface area contributed by atoms with E-state index in [2.05, 4.69) is 0 Å². The molecule has 0 aliphatic carbocycles. The zero-order valence-corrected chi connectivity index (χ0v) is 8.02. The van der Waals surface area contributed by atoms with Crippen LogP contribution in [0.25, 0.3) is 0 Å². The number of carbonyl (C=O) groups is 1. The molecule has 0 radical (unpaired) electrons. The molecule has 3 nitrogen and oxygen atoms in total. The van der Waals surface area contributed by atoms with Crippen molar-refractivity contribution in [2.75, 3.05) is 6.61 Å². The van der Waals surface area contributed by atoms with Gasteiger partial charge in [-0.1, -0.05) is 0 Å². The first kappa shape index (κ1) is 9.81. The molecule has 1 N–H and O–H groups in total. The maximum Gasteiger partial charge on any atom is 0.324 e. The molecule has 1 heterocycles. The molecular formula is C8H13ClO3. The van der Waals surface area contributed by atoms with E-state index in [1.165, 1.54) is 0 Å². The van der Waals surface area contributed by atoms with E-state index < -0.39 is 16.4 Å². The number of hydrogen-bond acceptors (Lipinski definition) is 2. The van der Waals surface area contributed by atoms with E-state index in [-0.39, 0.29) is 0 Å². The second kappa shape index (κ2) is 2.89. The highest BCUT2D eigenvalue weighted by molar-refractivity contribution is 6.33. The van der Waals surface area contributed by atoms with E-state index in [1.807, 2.05) is 13.8 Å². The Kier molecular flexibility index (Phi) is 2.36. The van der Waals surface area contributed by atoms with Crippen LogP contribution in [0.15, 0.2) is 0 Å². The lowest BCUT2D eigenvalue weighted by Crippen LogP contribution is -2.47. The molecule has 1 unspecified atom stereocenters. The van der Waals surface area contributed by atoms with Crippen LogP contribution in [0.5, 0.6) is 0 Å². The van der Waals surface area contributed by atoms with Gasteiger partial charge in [0, 0.05) is 19.4 Å². The van der Waals surface area contributed by atoms with Gasteiger partial charge in [0.25, 0.3) is 0 Å². The van der Waals surface area contributed by atoms with Gasteiger partial charge in [0.15, 0.2) is 0 Å². The first-order valence-electron chi connectivity index (χ1n) is 3.92. The second-order valence-electron chi connectivity index (χ2n) is 3.81. The van der Waals surface area contributed by atoms with E-state index in [0.717, 1.165) is 0 Å². The minimum Gasteiger partial charge on any atom is -0.480 e. The van der Waals surface area contributed by atoms with E-state index in [0.29, 0.717) is 19.4 Å². The molecule has 1 atom stereocenters. The van der Waals surface area contributed by atoms with Crippen LogP contribution in [0.2, 0.25) is 0 Å². The van der Waals surface area contributed by atoms with E-state index in [1.54, 1.807) is 0 Å². The average molecular weight is 193 g/mol. The molecule has 1 fully saturated rings. The van der Waals surface area contributed by atoms with E-state index in [9.17, 15) is 4.79 Å². The molecule has 12 heavy (non-hydrogen) atoms. The van der Waals surface area contributed by atoms with Gasteiger partial charge in [-0.2, -0.15) is 0 Å². The third-order valence-corrected chi connectivity index (χ3v) is 2.56. The summed E-state index contributed by atoms with van der Waals surface area (Å²) in [6, 6.07) is 0. The molecule has 0 aromatic heterocycles. The number of rotatable bonds is 1. The topological polar surface area (TPSA) is 46.5 Å². The Morgan fingerprint density at radius 1 is 1.58 bits per heavy atom. The van der Waals surface area contributed by atoms with Crippen LogP contribution in [0, 0.1) is 0 Å². The summed E-state index contributed by atoms with van der Waals surface area (Å²) < 4.78 is 5.36. The van der Waals surface area contributed by atoms with Gasteiger partial charge in [-0.25, -0.2) is 0 Å². The second-order valence-corrected chi connectivity index (χ2v) is 4.53. The van der Waals surface area contributed by atoms with Gasteiger partial charge in [-0.3, -0.25) is 4.79 Å². The van der Waals surface area contributed by atoms with Gasteiger partial charge in [-0.15, -0.1) is 11.6 Å². The summed E-state index contributed by atoms with van der Waals surface area (Å²) in [5.74, 6) is -0.944. The molecule has 0 amide bonds. The fraction of sp³-hybridized carbons (Fsp3) is 0.875. The fourth-order valence-electron chi connectivity index (χ4n) is 1.49. The van der Waals surface area contributed by atoms with Gasteiger partial charge in [0.05, 0.1) is 5.60 Å². The lowest BCUT2D eigenvalue weighted by atomic mass is 9.88. The molecule has 0 spiro atoms. The molecule has 0 bridgehead atoms. The number of alkyl halides is 1. The summed E-state index contributed by atoms with van der Waals surface area (Å²) in [7, 11) is 0. The van der Waals surface area contributed by atoms with E-state index >= 15 is 0 Å². The van der Waals surface area contributed by atoms with Crippen LogP contribution in [0.1, 0.15) is 26.7 Å². The number of hydrogen-bond donors (Lipinski definition) is 1. The molecule has 1 aliphatic heterocycles. The highest BCUT2D eigenvalue weighted by Crippen LogP contribution is 2.36. The van der Waals surface area contributed by atoms with Crippen molar-refractivity contribution in [3.8, 4) is 0 Å². The molecule has 0 saturated carbocycles. The molecule has 1 rings (SSSR count). The molecule has 70 valence electrons. The predicted molar refractivity (Wildman–Crippen MR) is 45.5 cm³/mol. The zero-order chi connectivity index (χ0) is 9.41. The predicted octanol–water partition coefficient (Wildman–Crippen LogP) is 1.64. The lowest BCUT2D eigenvalue weighted by Gasteiger charge is -2.38. The minimum absolute atomic E-state index is 0.358. The van der Waals surface area contributed by atoms with Crippen LogP contribution in [0.3, 0.4) is 0 Å². The summed E-state index contributed by atoms with van der Waals surface area (Å²) >= 11 is 5.91. The maximum absolute atomic E-state index is 10.8. The summed E-state index contributed by atoms with van der Waals surface area (Å²) in [5.41, 5.74) is -0.418. The highest BCUT2D eigenvalue weighted by Gasteiger charge is 2.45. The quantitative estimate of drug-likeness (QED) is 0.643. The van der Waals surface area contributed by atoms with Gasteiger partial charge in [0.2, 0.25) is 0 Å². The zero-order valence-electron chi connectivity index (χ0n) is 7.26. The Balaban J connectivity index is 2.74. The molecular weight excluding hydrogens is 180 g/mol. The van der Waals surface area contributed by atoms with Crippen molar-refractivity contribution in [1.29, 1.82) is 0 Å². The Morgan fingerprint density at radius 2 is 2.17 bits per heavy atom. The monoisotopic (exact) mass is 192 g/mol. The number of carboxylic acids is 1. The van der Waals surface area contributed by atoms with Crippen molar-refractivity contribution in [3.63, 3.8) is 0 Å². The standard InChI is InChI=1S/C8H13ClO3/c1-7(2)5-8(9,6(10)11)3-4-12-7/h3-5H2,1-2H3,(H,10,11). The first-order chi connectivity index (χ1) is 5.36. The molecule has 0 aromatic rings. The number of halogens is 1. The Morgan fingerprint density at radius 3 is 2.50 bits per heavy atom. The van der Waals surface area contributed by atoms with Crippen molar-refractivity contribution in [1.82, 2.24) is 0 Å². The van der Waals surface area contributed by atoms with Gasteiger partial charge < -0.3 is 9.84 Å². The van der Waals surface area contributed by atoms with Gasteiger partial charge in [-0.05, 0) is 13.8 Å². The largest absolute Gasteiger partial charge is 0.480 e. The number of aliphatic carboxylic acids is 1. The number of carboxylic acid groups (broad SMARTS) is 1. The summed E-state index contributed by atoms with van der Waals surface area (Å²) in [4.78, 5) is 9.65. The smallest absolute Gasteiger partial charge is 0.324 e. The number of ether oxygens (including phenoxy) is 1. The first-order valence-corrected chi connectivity index (χ1v) is 4.30. The van der Waals surface area contributed by atoms with E-state index in [4.69, 9.17) is 21.4 Å². The fourth-order valence-corrected chi connectivity index (χ4v) is 1.88. The Bertz CT molecular complexity index is 202. The Hall–Kier alpha value is -0.280. The van der Waals surface area contributed by atoms with Gasteiger partial charge in [0.1, 0.15) is 4.87 Å². The molecule has 1 aliphatic rings. The molecule has 4 heteroatoms.